The molecular formula is C11H16NO5P. The van der Waals surface area contributed by atoms with Crippen molar-refractivity contribution in [3.8, 4) is 5.75 Å². The van der Waals surface area contributed by atoms with E-state index in [4.69, 9.17) is 4.74 Å². The largest absolute Gasteiger partial charge is 0.497 e. The van der Waals surface area contributed by atoms with Gasteiger partial charge >= 0.3 is 7.60 Å². The monoisotopic (exact) mass is 273 g/mol. The van der Waals surface area contributed by atoms with Crippen LogP contribution in [0.3, 0.4) is 0 Å². The smallest absolute Gasteiger partial charge is 0.352 e. The average molecular weight is 273 g/mol. The van der Waals surface area contributed by atoms with Gasteiger partial charge in [-0.1, -0.05) is 12.1 Å². The minimum atomic E-state index is -4.47. The Hall–Kier alpha value is -1.36. The van der Waals surface area contributed by atoms with Gasteiger partial charge < -0.3 is 19.4 Å². The molecule has 6 nitrogen and oxygen atoms in total. The maximum atomic E-state index is 11.5. The first-order chi connectivity index (χ1) is 8.27. The van der Waals surface area contributed by atoms with Gasteiger partial charge in [-0.05, 0) is 17.7 Å². The summed E-state index contributed by atoms with van der Waals surface area (Å²) in [5.41, 5.74) is 0.363. The van der Waals surface area contributed by atoms with Gasteiger partial charge in [0.1, 0.15) is 5.75 Å². The van der Waals surface area contributed by atoms with E-state index in [9.17, 15) is 19.1 Å². The van der Waals surface area contributed by atoms with E-state index in [1.807, 2.05) is 0 Å². The number of hydrogen-bond donors (Lipinski definition) is 2. The fraction of sp³-hybridized carbons (Fsp3) is 0.364. The van der Waals surface area contributed by atoms with E-state index in [1.165, 1.54) is 33.2 Å². The lowest BCUT2D eigenvalue weighted by Crippen LogP contribution is -2.29. The molecule has 0 bridgehead atoms. The van der Waals surface area contributed by atoms with E-state index >= 15 is 0 Å². The number of carbonyl (C=O) groups excluding carboxylic acids is 1. The van der Waals surface area contributed by atoms with Crippen molar-refractivity contribution in [3.63, 3.8) is 0 Å². The fourth-order valence-corrected chi connectivity index (χ4v) is 2.77. The summed E-state index contributed by atoms with van der Waals surface area (Å²) in [7, 11) is -1.61. The van der Waals surface area contributed by atoms with Crippen LogP contribution < -0.4 is 4.74 Å². The van der Waals surface area contributed by atoms with Gasteiger partial charge in [0.05, 0.1) is 7.11 Å². The molecule has 1 aromatic rings. The third-order valence-electron chi connectivity index (χ3n) is 2.60. The summed E-state index contributed by atoms with van der Waals surface area (Å²) in [6.45, 7) is 1.26. The number of amides is 1. The first-order valence-corrected chi connectivity index (χ1v) is 6.88. The van der Waals surface area contributed by atoms with E-state index in [0.717, 1.165) is 4.90 Å². The Morgan fingerprint density at radius 2 is 1.83 bits per heavy atom. The molecule has 1 unspecified atom stereocenters. The summed E-state index contributed by atoms with van der Waals surface area (Å²) in [5, 5.41) is 0. The van der Waals surface area contributed by atoms with Crippen LogP contribution in [0.5, 0.6) is 5.75 Å². The van der Waals surface area contributed by atoms with Crippen LogP contribution in [-0.2, 0) is 9.36 Å². The van der Waals surface area contributed by atoms with Crippen LogP contribution in [0, 0.1) is 0 Å². The molecule has 0 saturated carbocycles. The molecule has 0 saturated heterocycles. The number of carbonyl (C=O) groups is 1. The van der Waals surface area contributed by atoms with Gasteiger partial charge in [0.2, 0.25) is 5.91 Å². The number of methoxy groups -OCH3 is 1. The molecule has 7 heteroatoms. The van der Waals surface area contributed by atoms with Crippen LogP contribution in [-0.4, -0.2) is 34.8 Å². The summed E-state index contributed by atoms with van der Waals surface area (Å²) >= 11 is 0. The van der Waals surface area contributed by atoms with Crippen molar-refractivity contribution in [2.45, 2.75) is 12.7 Å². The van der Waals surface area contributed by atoms with E-state index in [1.54, 1.807) is 12.1 Å². The Balaban J connectivity index is 3.18. The van der Waals surface area contributed by atoms with Gasteiger partial charge in [0.15, 0.2) is 5.78 Å². The van der Waals surface area contributed by atoms with Crippen molar-refractivity contribution >= 4 is 13.5 Å². The predicted molar refractivity (Wildman–Crippen MR) is 66.2 cm³/mol. The van der Waals surface area contributed by atoms with Gasteiger partial charge in [-0.25, -0.2) is 0 Å². The molecule has 0 aliphatic heterocycles. The van der Waals surface area contributed by atoms with Crippen LogP contribution >= 0.6 is 7.60 Å². The van der Waals surface area contributed by atoms with Crippen LogP contribution in [0.25, 0.3) is 0 Å². The molecule has 0 aliphatic carbocycles. The molecule has 1 atom stereocenters. The maximum absolute atomic E-state index is 11.5. The zero-order valence-corrected chi connectivity index (χ0v) is 11.3. The Morgan fingerprint density at radius 1 is 1.33 bits per heavy atom. The Morgan fingerprint density at radius 3 is 2.17 bits per heavy atom. The number of benzene rings is 1. The molecule has 0 aliphatic rings. The molecule has 0 radical (unpaired) electrons. The minimum absolute atomic E-state index is 0.363. The number of ether oxygens (including phenoxy) is 1. The lowest BCUT2D eigenvalue weighted by molar-refractivity contribution is -0.128. The van der Waals surface area contributed by atoms with Gasteiger partial charge in [0.25, 0.3) is 0 Å². The molecule has 18 heavy (non-hydrogen) atoms. The van der Waals surface area contributed by atoms with Crippen molar-refractivity contribution in [3.05, 3.63) is 29.8 Å². The second kappa shape index (κ2) is 5.52. The molecule has 0 heterocycles. The highest BCUT2D eigenvalue weighted by Gasteiger charge is 2.35. The highest BCUT2D eigenvalue weighted by Crippen LogP contribution is 2.53. The number of hydrogen-bond acceptors (Lipinski definition) is 3. The minimum Gasteiger partial charge on any atom is -0.497 e. The van der Waals surface area contributed by atoms with E-state index in [0.29, 0.717) is 11.3 Å². The third kappa shape index (κ3) is 3.32. The third-order valence-corrected chi connectivity index (χ3v) is 3.88. The molecule has 1 amide bonds. The summed E-state index contributed by atoms with van der Waals surface area (Å²) in [6, 6.07) is 6.24. The molecule has 2 N–H and O–H groups in total. The first kappa shape index (κ1) is 14.7. The molecule has 1 aromatic carbocycles. The fourth-order valence-electron chi connectivity index (χ4n) is 1.59. The van der Waals surface area contributed by atoms with Crippen molar-refractivity contribution in [2.24, 2.45) is 0 Å². The molecule has 1 rings (SSSR count). The molecule has 0 spiro atoms. The van der Waals surface area contributed by atoms with Crippen molar-refractivity contribution in [2.75, 3.05) is 14.2 Å². The average Bonchev–Trinajstić information content (AvgIpc) is 2.28. The Kier molecular flexibility index (Phi) is 4.51. The van der Waals surface area contributed by atoms with Gasteiger partial charge in [-0.15, -0.1) is 0 Å². The second-order valence-corrected chi connectivity index (χ2v) is 5.53. The summed E-state index contributed by atoms with van der Waals surface area (Å²) in [5.74, 6) is -1.12. The Bertz CT molecular complexity index is 467. The van der Waals surface area contributed by atoms with Gasteiger partial charge in [-0.3, -0.25) is 9.36 Å². The highest BCUT2D eigenvalue weighted by atomic mass is 31.2. The van der Waals surface area contributed by atoms with Crippen molar-refractivity contribution in [1.82, 2.24) is 4.90 Å². The highest BCUT2D eigenvalue weighted by molar-refractivity contribution is 7.52. The van der Waals surface area contributed by atoms with Crippen molar-refractivity contribution < 1.29 is 23.9 Å². The standard InChI is InChI=1S/C11H16NO5P/c1-8(13)12(2)11(18(14,15)16)9-4-6-10(17-3)7-5-9/h4-7,11H,1-3H3,(H2,14,15,16). The van der Waals surface area contributed by atoms with Crippen LogP contribution in [0.15, 0.2) is 24.3 Å². The topological polar surface area (TPSA) is 87.1 Å². The number of nitrogens with zero attached hydrogens (tertiary/aromatic N) is 1. The molecule has 0 fully saturated rings. The lowest BCUT2D eigenvalue weighted by atomic mass is 10.2. The quantitative estimate of drug-likeness (QED) is 0.808. The summed E-state index contributed by atoms with van der Waals surface area (Å²) in [6.07, 6.45) is 0. The maximum Gasteiger partial charge on any atom is 0.352 e. The SMILES string of the molecule is COc1ccc(C(N(C)C(C)=O)P(=O)(O)O)cc1. The number of rotatable bonds is 4. The van der Waals surface area contributed by atoms with Crippen LogP contribution in [0.4, 0.5) is 0 Å². The zero-order valence-electron chi connectivity index (χ0n) is 10.4. The first-order valence-electron chi connectivity index (χ1n) is 5.20. The van der Waals surface area contributed by atoms with Crippen LogP contribution in [0.1, 0.15) is 18.3 Å². The lowest BCUT2D eigenvalue weighted by Gasteiger charge is -2.28. The predicted octanol–water partition coefficient (Wildman–Crippen LogP) is 1.35. The molecule has 0 aromatic heterocycles. The van der Waals surface area contributed by atoms with E-state index in [2.05, 4.69) is 0 Å². The summed E-state index contributed by atoms with van der Waals surface area (Å²) < 4.78 is 16.5. The Labute approximate surface area is 105 Å². The van der Waals surface area contributed by atoms with E-state index in [-0.39, 0.29) is 0 Å². The van der Waals surface area contributed by atoms with Gasteiger partial charge in [0, 0.05) is 14.0 Å². The zero-order chi connectivity index (χ0) is 13.9. The van der Waals surface area contributed by atoms with Crippen LogP contribution in [0.2, 0.25) is 0 Å². The molecular weight excluding hydrogens is 257 g/mol. The van der Waals surface area contributed by atoms with Crippen molar-refractivity contribution in [1.29, 1.82) is 0 Å². The molecule has 100 valence electrons. The second-order valence-electron chi connectivity index (χ2n) is 3.87. The van der Waals surface area contributed by atoms with E-state index < -0.39 is 19.3 Å². The van der Waals surface area contributed by atoms with Gasteiger partial charge in [-0.2, -0.15) is 0 Å². The summed E-state index contributed by atoms with van der Waals surface area (Å²) in [4.78, 5) is 31.0. The normalized spacial score (nSPS) is 12.9.